The van der Waals surface area contributed by atoms with Gasteiger partial charge in [-0.25, -0.2) is 9.18 Å². The Hall–Kier alpha value is -2.36. The number of nitrogens with zero attached hydrogens (tertiary/aromatic N) is 1. The zero-order chi connectivity index (χ0) is 15.0. The van der Waals surface area contributed by atoms with Gasteiger partial charge in [0.15, 0.2) is 0 Å². The van der Waals surface area contributed by atoms with Crippen molar-refractivity contribution < 1.29 is 14.3 Å². The number of hydrogen-bond donors (Lipinski definition) is 1. The van der Waals surface area contributed by atoms with Crippen molar-refractivity contribution >= 4 is 17.3 Å². The Morgan fingerprint density at radius 3 is 2.81 bits per heavy atom. The first-order valence-corrected chi connectivity index (χ1v) is 6.97. The van der Waals surface area contributed by atoms with E-state index in [4.69, 9.17) is 0 Å². The number of carboxylic acids is 1. The maximum Gasteiger partial charge on any atom is 0.340 e. The van der Waals surface area contributed by atoms with Crippen molar-refractivity contribution in [3.8, 4) is 0 Å². The van der Waals surface area contributed by atoms with Crippen LogP contribution in [0.5, 0.6) is 0 Å². The third-order valence-corrected chi connectivity index (χ3v) is 3.85. The minimum atomic E-state index is -1.23. The number of halogens is 1. The number of carboxylic acid groups (broad SMARTS) is 1. The number of anilines is 2. The summed E-state index contributed by atoms with van der Waals surface area (Å²) in [5.41, 5.74) is 3.49. The lowest BCUT2D eigenvalue weighted by Crippen LogP contribution is -2.26. The summed E-state index contributed by atoms with van der Waals surface area (Å²) in [5.74, 6) is -1.93. The maximum atomic E-state index is 13.9. The lowest BCUT2D eigenvalue weighted by molar-refractivity contribution is 0.0692. The second-order valence-electron chi connectivity index (χ2n) is 5.33. The third-order valence-electron chi connectivity index (χ3n) is 3.85. The Morgan fingerprint density at radius 2 is 2.05 bits per heavy atom. The summed E-state index contributed by atoms with van der Waals surface area (Å²) >= 11 is 0. The Bertz CT molecular complexity index is 712. The highest BCUT2D eigenvalue weighted by Crippen LogP contribution is 2.36. The minimum Gasteiger partial charge on any atom is -0.478 e. The van der Waals surface area contributed by atoms with Crippen LogP contribution in [0.4, 0.5) is 15.8 Å². The van der Waals surface area contributed by atoms with Crippen LogP contribution in [0.15, 0.2) is 36.4 Å². The summed E-state index contributed by atoms with van der Waals surface area (Å²) in [7, 11) is 0. The largest absolute Gasteiger partial charge is 0.478 e. The van der Waals surface area contributed by atoms with Crippen LogP contribution in [0.25, 0.3) is 0 Å². The molecule has 21 heavy (non-hydrogen) atoms. The number of hydrogen-bond acceptors (Lipinski definition) is 2. The Kier molecular flexibility index (Phi) is 3.37. The lowest BCUT2D eigenvalue weighted by atomic mass is 9.98. The second-order valence-corrected chi connectivity index (χ2v) is 5.33. The Morgan fingerprint density at radius 1 is 1.24 bits per heavy atom. The van der Waals surface area contributed by atoms with Crippen LogP contribution < -0.4 is 4.90 Å². The molecular formula is C17H16FNO2. The normalized spacial score (nSPS) is 13.9. The van der Waals surface area contributed by atoms with E-state index in [1.165, 1.54) is 17.2 Å². The molecule has 0 saturated heterocycles. The maximum absolute atomic E-state index is 13.9. The highest BCUT2D eigenvalue weighted by molar-refractivity contribution is 5.96. The van der Waals surface area contributed by atoms with Crippen molar-refractivity contribution in [1.29, 1.82) is 0 Å². The molecule has 3 nitrogen and oxygen atoms in total. The molecular weight excluding hydrogens is 269 g/mol. The van der Waals surface area contributed by atoms with Crippen molar-refractivity contribution in [3.63, 3.8) is 0 Å². The van der Waals surface area contributed by atoms with E-state index in [1.54, 1.807) is 12.1 Å². The van der Waals surface area contributed by atoms with Gasteiger partial charge in [-0.15, -0.1) is 0 Å². The van der Waals surface area contributed by atoms with Gasteiger partial charge < -0.3 is 10.0 Å². The molecule has 0 saturated carbocycles. The summed E-state index contributed by atoms with van der Waals surface area (Å²) in [6.07, 6.45) is 1.89. The minimum absolute atomic E-state index is 0.258. The SMILES string of the molecule is Cc1ccc2c(c1)CCCN2c1cccc(F)c1C(=O)O. The highest BCUT2D eigenvalue weighted by Gasteiger charge is 2.24. The third kappa shape index (κ3) is 2.37. The molecule has 4 heteroatoms. The molecule has 0 aliphatic carbocycles. The lowest BCUT2D eigenvalue weighted by Gasteiger charge is -2.32. The first kappa shape index (κ1) is 13.6. The van der Waals surface area contributed by atoms with Gasteiger partial charge in [-0.3, -0.25) is 0 Å². The first-order valence-electron chi connectivity index (χ1n) is 6.97. The van der Waals surface area contributed by atoms with Crippen molar-refractivity contribution in [1.82, 2.24) is 0 Å². The topological polar surface area (TPSA) is 40.5 Å². The molecule has 2 aromatic carbocycles. The van der Waals surface area contributed by atoms with Crippen LogP contribution in [0, 0.1) is 12.7 Å². The first-order chi connectivity index (χ1) is 10.1. The molecule has 1 heterocycles. The van der Waals surface area contributed by atoms with Gasteiger partial charge in [0.2, 0.25) is 0 Å². The molecule has 1 aliphatic heterocycles. The Labute approximate surface area is 122 Å². The van der Waals surface area contributed by atoms with Gasteiger partial charge in [0.05, 0.1) is 5.69 Å². The molecule has 2 aromatic rings. The van der Waals surface area contributed by atoms with Crippen molar-refractivity contribution in [2.75, 3.05) is 11.4 Å². The van der Waals surface area contributed by atoms with Gasteiger partial charge in [0.25, 0.3) is 0 Å². The molecule has 0 atom stereocenters. The van der Waals surface area contributed by atoms with Gasteiger partial charge in [0, 0.05) is 12.2 Å². The van der Waals surface area contributed by atoms with E-state index < -0.39 is 11.8 Å². The smallest absolute Gasteiger partial charge is 0.340 e. The number of fused-ring (bicyclic) bond motifs is 1. The van der Waals surface area contributed by atoms with Crippen LogP contribution in [0.1, 0.15) is 27.9 Å². The average Bonchev–Trinajstić information content (AvgIpc) is 2.45. The van der Waals surface area contributed by atoms with E-state index in [0.29, 0.717) is 12.2 Å². The molecule has 0 spiro atoms. The van der Waals surface area contributed by atoms with Crippen LogP contribution in [0.3, 0.4) is 0 Å². The van der Waals surface area contributed by atoms with Gasteiger partial charge in [-0.2, -0.15) is 0 Å². The summed E-state index contributed by atoms with van der Waals surface area (Å²) < 4.78 is 13.9. The van der Waals surface area contributed by atoms with E-state index in [-0.39, 0.29) is 5.56 Å². The number of aromatic carboxylic acids is 1. The van der Waals surface area contributed by atoms with Crippen molar-refractivity contribution in [2.45, 2.75) is 19.8 Å². The number of rotatable bonds is 2. The van der Waals surface area contributed by atoms with E-state index in [9.17, 15) is 14.3 Å². The quantitative estimate of drug-likeness (QED) is 0.909. The van der Waals surface area contributed by atoms with E-state index in [1.807, 2.05) is 24.0 Å². The molecule has 0 radical (unpaired) electrons. The highest BCUT2D eigenvalue weighted by atomic mass is 19.1. The van der Waals surface area contributed by atoms with Crippen LogP contribution >= 0.6 is 0 Å². The molecule has 3 rings (SSSR count). The molecule has 0 aromatic heterocycles. The second kappa shape index (κ2) is 5.20. The van der Waals surface area contributed by atoms with E-state index in [0.717, 1.165) is 18.5 Å². The average molecular weight is 285 g/mol. The van der Waals surface area contributed by atoms with Crippen LogP contribution in [0.2, 0.25) is 0 Å². The molecule has 0 unspecified atom stereocenters. The van der Waals surface area contributed by atoms with Crippen molar-refractivity contribution in [2.24, 2.45) is 0 Å². The molecule has 0 fully saturated rings. The predicted octanol–water partition coefficient (Wildman–Crippen LogP) is 3.92. The van der Waals surface area contributed by atoms with Crippen molar-refractivity contribution in [3.05, 3.63) is 58.9 Å². The predicted molar refractivity (Wildman–Crippen MR) is 79.9 cm³/mol. The van der Waals surface area contributed by atoms with E-state index in [2.05, 4.69) is 6.07 Å². The number of aryl methyl sites for hydroxylation is 2. The fourth-order valence-corrected chi connectivity index (χ4v) is 2.93. The van der Waals surface area contributed by atoms with Gasteiger partial charge in [0.1, 0.15) is 11.4 Å². The van der Waals surface area contributed by atoms with Crippen LogP contribution in [-0.4, -0.2) is 17.6 Å². The molecule has 0 amide bonds. The number of benzene rings is 2. The molecule has 1 aliphatic rings. The summed E-state index contributed by atoms with van der Waals surface area (Å²) in [4.78, 5) is 13.3. The van der Waals surface area contributed by atoms with Gasteiger partial charge in [-0.1, -0.05) is 23.8 Å². The summed E-state index contributed by atoms with van der Waals surface area (Å²) in [6.45, 7) is 2.73. The zero-order valence-corrected chi connectivity index (χ0v) is 11.8. The molecule has 108 valence electrons. The fraction of sp³-hybridized carbons (Fsp3) is 0.235. The Balaban J connectivity index is 2.16. The van der Waals surface area contributed by atoms with Gasteiger partial charge >= 0.3 is 5.97 Å². The van der Waals surface area contributed by atoms with E-state index >= 15 is 0 Å². The monoisotopic (exact) mass is 285 g/mol. The molecule has 0 bridgehead atoms. The van der Waals surface area contributed by atoms with Crippen LogP contribution in [-0.2, 0) is 6.42 Å². The zero-order valence-electron chi connectivity index (χ0n) is 11.8. The fourth-order valence-electron chi connectivity index (χ4n) is 2.93. The summed E-state index contributed by atoms with van der Waals surface area (Å²) in [6, 6.07) is 10.5. The summed E-state index contributed by atoms with van der Waals surface area (Å²) in [5, 5.41) is 9.30. The standard InChI is InChI=1S/C17H16FNO2/c1-11-7-8-14-12(10-11)4-3-9-19(14)15-6-2-5-13(18)16(15)17(20)21/h2,5-8,10H,3-4,9H2,1H3,(H,20,21). The molecule has 1 N–H and O–H groups in total. The van der Waals surface area contributed by atoms with Gasteiger partial charge in [-0.05, 0) is 43.5 Å². The number of carbonyl (C=O) groups is 1.